The average molecular weight is 466 g/mol. The molecule has 0 saturated heterocycles. The topological polar surface area (TPSA) is 52.7 Å². The molecule has 0 aromatic carbocycles. The van der Waals surface area contributed by atoms with Gasteiger partial charge in [-0.2, -0.15) is 4.73 Å². The minimum atomic E-state index is -0.0918. The van der Waals surface area contributed by atoms with Crippen LogP contribution in [0, 0.1) is 16.0 Å². The number of hydrogen-bond donors (Lipinski definition) is 0. The summed E-state index contributed by atoms with van der Waals surface area (Å²) in [4.78, 5) is 10.2. The van der Waals surface area contributed by atoms with Crippen LogP contribution in [0.5, 0.6) is 0 Å². The van der Waals surface area contributed by atoms with Gasteiger partial charge in [0.05, 0.1) is 22.5 Å². The highest BCUT2D eigenvalue weighted by Gasteiger charge is 2.64. The van der Waals surface area contributed by atoms with Crippen molar-refractivity contribution in [1.29, 1.82) is 0 Å². The van der Waals surface area contributed by atoms with E-state index in [1.54, 1.807) is 0 Å². The zero-order chi connectivity index (χ0) is 24.5. The lowest BCUT2D eigenvalue weighted by Crippen LogP contribution is -2.44. The van der Waals surface area contributed by atoms with Crippen molar-refractivity contribution in [2.75, 3.05) is 0 Å². The molecule has 0 amide bonds. The third-order valence-electron chi connectivity index (χ3n) is 11.6. The summed E-state index contributed by atoms with van der Waals surface area (Å²) in [7, 11) is 0. The van der Waals surface area contributed by atoms with Crippen LogP contribution in [-0.4, -0.2) is 9.97 Å². The van der Waals surface area contributed by atoms with Gasteiger partial charge in [0.1, 0.15) is 5.69 Å². The lowest BCUT2D eigenvalue weighted by atomic mass is 9.70. The van der Waals surface area contributed by atoms with Crippen molar-refractivity contribution in [2.24, 2.45) is 10.8 Å². The molecule has 180 valence electrons. The molecule has 35 heavy (non-hydrogen) atoms. The van der Waals surface area contributed by atoms with Gasteiger partial charge in [0, 0.05) is 17.0 Å². The zero-order valence-electron chi connectivity index (χ0n) is 21.8. The van der Waals surface area contributed by atoms with E-state index in [-0.39, 0.29) is 21.7 Å². The average Bonchev–Trinajstić information content (AvgIpc) is 3.34. The predicted molar refractivity (Wildman–Crippen MR) is 138 cm³/mol. The summed E-state index contributed by atoms with van der Waals surface area (Å²) in [5.41, 5.74) is 8.34. The summed E-state index contributed by atoms with van der Waals surface area (Å²) >= 11 is 0. The first-order chi connectivity index (χ1) is 16.5. The van der Waals surface area contributed by atoms with Crippen LogP contribution in [0.3, 0.4) is 0 Å². The molecule has 0 spiro atoms. The van der Waals surface area contributed by atoms with E-state index in [0.717, 1.165) is 29.2 Å². The molecule has 0 aliphatic heterocycles. The van der Waals surface area contributed by atoms with E-state index in [0.29, 0.717) is 17.5 Å². The Morgan fingerprint density at radius 2 is 1.31 bits per heavy atom. The Morgan fingerprint density at radius 1 is 0.714 bits per heavy atom. The van der Waals surface area contributed by atoms with Gasteiger partial charge in [0.15, 0.2) is 0 Å². The SMILES string of the molecule is CC1(C)[C@@H]2CC[C@@]1(C)c1nc(-c3cccc(-c4ccc5c([n+]4[O-])[C@]4(C)CC[C@H]5C4(C)C)n3)ccc12. The number of fused-ring (bicyclic) bond motifs is 10. The van der Waals surface area contributed by atoms with Gasteiger partial charge in [-0.25, -0.2) is 4.98 Å². The number of hydrogen-bond acceptors (Lipinski definition) is 3. The molecule has 0 N–H and O–H groups in total. The Labute approximate surface area is 208 Å². The molecule has 4 atom stereocenters. The van der Waals surface area contributed by atoms with Gasteiger partial charge in [0.25, 0.3) is 0 Å². The monoisotopic (exact) mass is 465 g/mol. The van der Waals surface area contributed by atoms with E-state index < -0.39 is 0 Å². The fourth-order valence-electron chi connectivity index (χ4n) is 8.56. The third-order valence-corrected chi connectivity index (χ3v) is 11.6. The molecule has 0 unspecified atom stereocenters. The first-order valence-electron chi connectivity index (χ1n) is 13.3. The highest BCUT2D eigenvalue weighted by molar-refractivity contribution is 5.63. The Morgan fingerprint density at radius 3 is 2.09 bits per heavy atom. The van der Waals surface area contributed by atoms with Crippen LogP contribution in [0.2, 0.25) is 0 Å². The van der Waals surface area contributed by atoms with Crippen LogP contribution in [0.1, 0.15) is 102 Å². The first kappa shape index (κ1) is 21.5. The highest BCUT2D eigenvalue weighted by Crippen LogP contribution is 2.68. The molecule has 0 radical (unpaired) electrons. The largest absolute Gasteiger partial charge is 0.618 e. The van der Waals surface area contributed by atoms with Crippen LogP contribution in [0.4, 0.5) is 0 Å². The fraction of sp³-hybridized carbons (Fsp3) is 0.516. The molecular formula is C31H35N3O. The molecule has 2 saturated carbocycles. The van der Waals surface area contributed by atoms with Gasteiger partial charge < -0.3 is 5.21 Å². The summed E-state index contributed by atoms with van der Waals surface area (Å²) in [6.07, 6.45) is 4.70. The molecule has 4 heteroatoms. The molecule has 3 aromatic rings. The lowest BCUT2D eigenvalue weighted by Gasteiger charge is -2.34. The zero-order valence-corrected chi connectivity index (χ0v) is 21.8. The van der Waals surface area contributed by atoms with Gasteiger partial charge in [-0.1, -0.05) is 46.8 Å². The van der Waals surface area contributed by atoms with E-state index in [1.165, 1.54) is 40.8 Å². The van der Waals surface area contributed by atoms with Crippen molar-refractivity contribution < 1.29 is 4.73 Å². The number of nitrogens with zero attached hydrogens (tertiary/aromatic N) is 3. The van der Waals surface area contributed by atoms with Crippen LogP contribution in [0.25, 0.3) is 22.8 Å². The lowest BCUT2D eigenvalue weighted by molar-refractivity contribution is -0.607. The van der Waals surface area contributed by atoms with E-state index in [2.05, 4.69) is 59.7 Å². The van der Waals surface area contributed by atoms with Crippen LogP contribution < -0.4 is 4.73 Å². The second-order valence-electron chi connectivity index (χ2n) is 13.1. The molecule has 4 aliphatic carbocycles. The summed E-state index contributed by atoms with van der Waals surface area (Å²) in [6, 6.07) is 14.6. The fourth-order valence-corrected chi connectivity index (χ4v) is 8.56. The molecule has 4 bridgehead atoms. The van der Waals surface area contributed by atoms with Crippen molar-refractivity contribution in [3.05, 3.63) is 70.2 Å². The van der Waals surface area contributed by atoms with Crippen molar-refractivity contribution in [3.8, 4) is 22.8 Å². The van der Waals surface area contributed by atoms with Gasteiger partial charge in [-0.15, -0.1) is 0 Å². The van der Waals surface area contributed by atoms with E-state index in [4.69, 9.17) is 9.97 Å². The first-order valence-corrected chi connectivity index (χ1v) is 13.3. The Bertz CT molecular complexity index is 1420. The third kappa shape index (κ3) is 2.32. The molecule has 4 aliphatic rings. The summed E-state index contributed by atoms with van der Waals surface area (Å²) < 4.78 is 1.20. The van der Waals surface area contributed by atoms with Crippen molar-refractivity contribution >= 4 is 0 Å². The Balaban J connectivity index is 1.32. The second kappa shape index (κ2) is 6.32. The van der Waals surface area contributed by atoms with Crippen LogP contribution >= 0.6 is 0 Å². The summed E-state index contributed by atoms with van der Waals surface area (Å²) in [6.45, 7) is 14.1. The molecule has 3 aromatic heterocycles. The number of aromatic nitrogens is 3. The van der Waals surface area contributed by atoms with E-state index in [9.17, 15) is 5.21 Å². The summed E-state index contributed by atoms with van der Waals surface area (Å²) in [5.74, 6) is 1.06. The number of pyridine rings is 3. The normalized spacial score (nSPS) is 32.6. The van der Waals surface area contributed by atoms with Gasteiger partial charge in [0.2, 0.25) is 11.4 Å². The number of rotatable bonds is 2. The van der Waals surface area contributed by atoms with Crippen molar-refractivity contribution in [3.63, 3.8) is 0 Å². The molecule has 7 rings (SSSR count). The van der Waals surface area contributed by atoms with E-state index >= 15 is 0 Å². The maximum atomic E-state index is 13.8. The minimum absolute atomic E-state index is 0.0918. The molecule has 2 fully saturated rings. The van der Waals surface area contributed by atoms with Crippen LogP contribution in [-0.2, 0) is 10.8 Å². The van der Waals surface area contributed by atoms with Crippen LogP contribution in [0.15, 0.2) is 42.5 Å². The van der Waals surface area contributed by atoms with Gasteiger partial charge >= 0.3 is 0 Å². The summed E-state index contributed by atoms with van der Waals surface area (Å²) in [5, 5.41) is 13.8. The van der Waals surface area contributed by atoms with Crippen molar-refractivity contribution in [1.82, 2.24) is 9.97 Å². The van der Waals surface area contributed by atoms with Gasteiger partial charge in [-0.3, -0.25) is 4.98 Å². The van der Waals surface area contributed by atoms with Crippen molar-refractivity contribution in [2.45, 2.75) is 89.9 Å². The Hall–Kier alpha value is -2.75. The van der Waals surface area contributed by atoms with Gasteiger partial charge in [-0.05, 0) is 85.1 Å². The predicted octanol–water partition coefficient (Wildman–Crippen LogP) is 6.79. The standard InChI is InChI=1S/C31H35N3O/c1-28(2)20-14-16-30(28,5)26-18(20)10-12-23(33-26)22-8-7-9-24(32-22)25-13-11-19-21-15-17-31(6,29(21,3)4)27(19)34(25)35/h7-13,20-21H,14-17H2,1-6H3/t20-,21-,30+,31+/m1/s1. The highest BCUT2D eigenvalue weighted by atomic mass is 16.5. The molecule has 4 nitrogen and oxygen atoms in total. The maximum absolute atomic E-state index is 13.8. The molecular weight excluding hydrogens is 430 g/mol. The smallest absolute Gasteiger partial charge is 0.242 e. The maximum Gasteiger partial charge on any atom is 0.242 e. The second-order valence-corrected chi connectivity index (χ2v) is 13.1. The van der Waals surface area contributed by atoms with E-state index in [1.807, 2.05) is 24.3 Å². The quantitative estimate of drug-likeness (QED) is 0.309. The minimum Gasteiger partial charge on any atom is -0.618 e. The molecule has 3 heterocycles. The Kier molecular flexibility index (Phi) is 3.89.